The molecule has 2 aromatic rings. The molecule has 0 N–H and O–H groups in total. The molecular formula is C21H23ClN2O3S. The Morgan fingerprint density at radius 1 is 1.11 bits per heavy atom. The van der Waals surface area contributed by atoms with Gasteiger partial charge in [-0.1, -0.05) is 29.8 Å². The van der Waals surface area contributed by atoms with Gasteiger partial charge in [0.2, 0.25) is 15.9 Å². The maximum Gasteiger partial charge on any atom is 0.243 e. The average molecular weight is 419 g/mol. The van der Waals surface area contributed by atoms with Crippen LogP contribution in [0.25, 0.3) is 0 Å². The fraction of sp³-hybridized carbons (Fsp3) is 0.381. The lowest BCUT2D eigenvalue weighted by Crippen LogP contribution is -2.48. The smallest absolute Gasteiger partial charge is 0.243 e. The van der Waals surface area contributed by atoms with Gasteiger partial charge in [-0.15, -0.1) is 0 Å². The third kappa shape index (κ3) is 3.45. The van der Waals surface area contributed by atoms with Gasteiger partial charge in [-0.3, -0.25) is 4.79 Å². The molecule has 1 fully saturated rings. The molecule has 2 atom stereocenters. The predicted octanol–water partition coefficient (Wildman–Crippen LogP) is 3.72. The monoisotopic (exact) mass is 418 g/mol. The third-order valence-electron chi connectivity index (χ3n) is 5.63. The molecule has 0 aliphatic carbocycles. The molecular weight excluding hydrogens is 396 g/mol. The van der Waals surface area contributed by atoms with Crippen molar-refractivity contribution in [2.75, 3.05) is 18.0 Å². The molecule has 2 aliphatic heterocycles. The molecule has 7 heteroatoms. The lowest BCUT2D eigenvalue weighted by Gasteiger charge is -2.34. The largest absolute Gasteiger partial charge is 0.309 e. The van der Waals surface area contributed by atoms with Gasteiger partial charge in [0.05, 0.1) is 10.8 Å². The summed E-state index contributed by atoms with van der Waals surface area (Å²) in [7, 11) is -3.64. The summed E-state index contributed by atoms with van der Waals surface area (Å²) in [6, 6.07) is 14.2. The Hall–Kier alpha value is -1.89. The van der Waals surface area contributed by atoms with Crippen LogP contribution in [0.4, 0.5) is 5.69 Å². The van der Waals surface area contributed by atoms with E-state index in [2.05, 4.69) is 6.07 Å². The Kier molecular flexibility index (Phi) is 5.21. The van der Waals surface area contributed by atoms with Crippen molar-refractivity contribution in [2.24, 2.45) is 5.92 Å². The van der Waals surface area contributed by atoms with E-state index >= 15 is 0 Å². The summed E-state index contributed by atoms with van der Waals surface area (Å²) in [6.45, 7) is 2.69. The quantitative estimate of drug-likeness (QED) is 0.763. The van der Waals surface area contributed by atoms with Gasteiger partial charge in [0, 0.05) is 29.8 Å². The summed E-state index contributed by atoms with van der Waals surface area (Å²) >= 11 is 5.88. The Morgan fingerprint density at radius 3 is 2.57 bits per heavy atom. The first-order valence-corrected chi connectivity index (χ1v) is 11.4. The van der Waals surface area contributed by atoms with Crippen molar-refractivity contribution in [3.8, 4) is 0 Å². The van der Waals surface area contributed by atoms with E-state index in [4.69, 9.17) is 11.6 Å². The molecule has 28 heavy (non-hydrogen) atoms. The van der Waals surface area contributed by atoms with Gasteiger partial charge in [0.25, 0.3) is 0 Å². The minimum atomic E-state index is -3.64. The molecule has 0 aromatic heterocycles. The number of para-hydroxylation sites is 1. The SMILES string of the molecule is CC1Cc2ccccc2N1C(=O)C1CCCN(S(=O)(=O)c2ccc(Cl)cc2)C1. The number of rotatable bonds is 3. The molecule has 0 radical (unpaired) electrons. The molecule has 1 saturated heterocycles. The highest BCUT2D eigenvalue weighted by atomic mass is 35.5. The minimum absolute atomic E-state index is 0.0217. The number of fused-ring (bicyclic) bond motifs is 1. The molecule has 0 spiro atoms. The van der Waals surface area contributed by atoms with Crippen LogP contribution < -0.4 is 4.90 Å². The summed E-state index contributed by atoms with van der Waals surface area (Å²) in [4.78, 5) is 15.4. The van der Waals surface area contributed by atoms with Gasteiger partial charge in [-0.2, -0.15) is 4.31 Å². The predicted molar refractivity (Wildman–Crippen MR) is 110 cm³/mol. The van der Waals surface area contributed by atoms with Crippen molar-refractivity contribution < 1.29 is 13.2 Å². The standard InChI is InChI=1S/C21H23ClN2O3S/c1-15-13-16-5-2-3-7-20(16)24(15)21(25)17-6-4-12-23(14-17)28(26,27)19-10-8-18(22)9-11-19/h2-3,5,7-11,15,17H,4,6,12-14H2,1H3. The fourth-order valence-corrected chi connectivity index (χ4v) is 5.87. The van der Waals surface area contributed by atoms with Crippen molar-refractivity contribution in [3.05, 3.63) is 59.1 Å². The van der Waals surface area contributed by atoms with Gasteiger partial charge < -0.3 is 4.90 Å². The van der Waals surface area contributed by atoms with Gasteiger partial charge in [-0.05, 0) is 62.1 Å². The fourth-order valence-electron chi connectivity index (χ4n) is 4.22. The van der Waals surface area contributed by atoms with Gasteiger partial charge in [0.1, 0.15) is 0 Å². The summed E-state index contributed by atoms with van der Waals surface area (Å²) in [5, 5.41) is 0.493. The van der Waals surface area contributed by atoms with E-state index in [0.717, 1.165) is 12.1 Å². The minimum Gasteiger partial charge on any atom is -0.309 e. The number of hydrogen-bond donors (Lipinski definition) is 0. The first-order valence-electron chi connectivity index (χ1n) is 9.54. The second-order valence-electron chi connectivity index (χ2n) is 7.55. The number of nitrogens with zero attached hydrogens (tertiary/aromatic N) is 2. The van der Waals surface area contributed by atoms with E-state index in [1.165, 1.54) is 22.0 Å². The van der Waals surface area contributed by atoms with E-state index in [-0.39, 0.29) is 29.3 Å². The van der Waals surface area contributed by atoms with E-state index in [1.54, 1.807) is 12.1 Å². The van der Waals surface area contributed by atoms with E-state index in [0.29, 0.717) is 24.4 Å². The van der Waals surface area contributed by atoms with Crippen LogP contribution in [0.3, 0.4) is 0 Å². The lowest BCUT2D eigenvalue weighted by atomic mass is 9.97. The zero-order chi connectivity index (χ0) is 19.9. The maximum atomic E-state index is 13.3. The average Bonchev–Trinajstić information content (AvgIpc) is 3.03. The van der Waals surface area contributed by atoms with Crippen molar-refractivity contribution in [2.45, 2.75) is 37.1 Å². The second-order valence-corrected chi connectivity index (χ2v) is 9.92. The molecule has 2 unspecified atom stereocenters. The summed E-state index contributed by atoms with van der Waals surface area (Å²) in [5.74, 6) is -0.308. The maximum absolute atomic E-state index is 13.3. The Labute approximate surface area is 171 Å². The normalized spacial score (nSPS) is 22.9. The summed E-state index contributed by atoms with van der Waals surface area (Å²) in [6.07, 6.45) is 2.21. The number of halogens is 1. The molecule has 0 saturated carbocycles. The molecule has 2 aliphatic rings. The van der Waals surface area contributed by atoms with E-state index in [9.17, 15) is 13.2 Å². The number of anilines is 1. The Bertz CT molecular complexity index is 991. The Balaban J connectivity index is 1.56. The number of amides is 1. The summed E-state index contributed by atoms with van der Waals surface area (Å²) < 4.78 is 27.5. The highest BCUT2D eigenvalue weighted by Crippen LogP contribution is 2.35. The van der Waals surface area contributed by atoms with Crippen LogP contribution in [0.15, 0.2) is 53.4 Å². The Morgan fingerprint density at radius 2 is 1.82 bits per heavy atom. The van der Waals surface area contributed by atoms with Crippen molar-refractivity contribution in [1.82, 2.24) is 4.31 Å². The van der Waals surface area contributed by atoms with Crippen LogP contribution in [0.1, 0.15) is 25.3 Å². The highest BCUT2D eigenvalue weighted by Gasteiger charge is 2.39. The first kappa shape index (κ1) is 19.4. The van der Waals surface area contributed by atoms with Crippen LogP contribution in [-0.4, -0.2) is 37.8 Å². The van der Waals surface area contributed by atoms with Crippen LogP contribution >= 0.6 is 11.6 Å². The number of piperidine rings is 1. The van der Waals surface area contributed by atoms with Crippen LogP contribution in [-0.2, 0) is 21.2 Å². The van der Waals surface area contributed by atoms with Crippen LogP contribution in [0, 0.1) is 5.92 Å². The molecule has 4 rings (SSSR count). The van der Waals surface area contributed by atoms with Crippen molar-refractivity contribution in [1.29, 1.82) is 0 Å². The van der Waals surface area contributed by atoms with E-state index in [1.807, 2.05) is 30.0 Å². The molecule has 148 valence electrons. The second kappa shape index (κ2) is 7.50. The number of carbonyl (C=O) groups is 1. The van der Waals surface area contributed by atoms with Gasteiger partial charge in [0.15, 0.2) is 0 Å². The van der Waals surface area contributed by atoms with Crippen molar-refractivity contribution >= 4 is 33.2 Å². The number of sulfonamides is 1. The van der Waals surface area contributed by atoms with Crippen LogP contribution in [0.2, 0.25) is 5.02 Å². The first-order chi connectivity index (χ1) is 13.4. The zero-order valence-electron chi connectivity index (χ0n) is 15.7. The topological polar surface area (TPSA) is 57.7 Å². The van der Waals surface area contributed by atoms with Crippen LogP contribution in [0.5, 0.6) is 0 Å². The number of benzene rings is 2. The lowest BCUT2D eigenvalue weighted by molar-refractivity contribution is -0.123. The molecule has 2 aromatic carbocycles. The molecule has 1 amide bonds. The molecule has 0 bridgehead atoms. The van der Waals surface area contributed by atoms with Crippen molar-refractivity contribution in [3.63, 3.8) is 0 Å². The zero-order valence-corrected chi connectivity index (χ0v) is 17.3. The molecule has 2 heterocycles. The van der Waals surface area contributed by atoms with E-state index < -0.39 is 10.0 Å². The number of hydrogen-bond acceptors (Lipinski definition) is 3. The molecule has 5 nitrogen and oxygen atoms in total. The number of carbonyl (C=O) groups excluding carboxylic acids is 1. The van der Waals surface area contributed by atoms with Gasteiger partial charge in [-0.25, -0.2) is 8.42 Å². The highest BCUT2D eigenvalue weighted by molar-refractivity contribution is 7.89. The summed E-state index contributed by atoms with van der Waals surface area (Å²) in [5.41, 5.74) is 2.13. The van der Waals surface area contributed by atoms with Gasteiger partial charge >= 0.3 is 0 Å². The third-order valence-corrected chi connectivity index (χ3v) is 7.76.